The van der Waals surface area contributed by atoms with Crippen LogP contribution in [-0.4, -0.2) is 85.2 Å². The van der Waals surface area contributed by atoms with Crippen LogP contribution in [0.25, 0.3) is 16.6 Å². The van der Waals surface area contributed by atoms with Crippen molar-refractivity contribution in [1.82, 2.24) is 29.5 Å². The lowest BCUT2D eigenvalue weighted by atomic mass is 9.90. The van der Waals surface area contributed by atoms with E-state index in [-0.39, 0.29) is 12.6 Å². The first kappa shape index (κ1) is 24.6. The minimum absolute atomic E-state index is 0.0389. The van der Waals surface area contributed by atoms with Crippen LogP contribution in [0.2, 0.25) is 0 Å². The predicted octanol–water partition coefficient (Wildman–Crippen LogP) is 3.17. The second-order valence-corrected chi connectivity index (χ2v) is 10.1. The van der Waals surface area contributed by atoms with Crippen molar-refractivity contribution in [2.45, 2.75) is 37.3 Å². The fourth-order valence-corrected chi connectivity index (χ4v) is 5.46. The minimum Gasteiger partial charge on any atom is -0.394 e. The van der Waals surface area contributed by atoms with Gasteiger partial charge in [-0.2, -0.15) is 0 Å². The highest BCUT2D eigenvalue weighted by Gasteiger charge is 2.34. The predicted molar refractivity (Wildman–Crippen MR) is 141 cm³/mol. The van der Waals surface area contributed by atoms with Crippen molar-refractivity contribution in [3.05, 3.63) is 78.5 Å². The van der Waals surface area contributed by atoms with Crippen LogP contribution >= 0.6 is 0 Å². The van der Waals surface area contributed by atoms with E-state index in [1.54, 1.807) is 12.7 Å². The fraction of sp³-hybridized carbons (Fsp3) is 0.429. The fourth-order valence-electron chi connectivity index (χ4n) is 5.46. The summed E-state index contributed by atoms with van der Waals surface area (Å²) in [4.78, 5) is 7.95. The average Bonchev–Trinajstić information content (AvgIpc) is 3.57. The third-order valence-corrected chi connectivity index (χ3v) is 7.61. The van der Waals surface area contributed by atoms with Gasteiger partial charge in [0.1, 0.15) is 12.7 Å². The molecule has 0 radical (unpaired) electrons. The van der Waals surface area contributed by atoms with Gasteiger partial charge in [-0.25, -0.2) is 0 Å². The molecule has 0 saturated carbocycles. The summed E-state index contributed by atoms with van der Waals surface area (Å²) in [7, 11) is 1.99. The van der Waals surface area contributed by atoms with Crippen LogP contribution in [-0.2, 0) is 6.42 Å². The number of aromatic amines is 1. The van der Waals surface area contributed by atoms with Gasteiger partial charge in [0.25, 0.3) is 0 Å². The first-order chi connectivity index (χ1) is 17.5. The van der Waals surface area contributed by atoms with E-state index in [2.05, 4.69) is 49.4 Å². The summed E-state index contributed by atoms with van der Waals surface area (Å²) in [6.45, 7) is 3.41. The van der Waals surface area contributed by atoms with Crippen LogP contribution in [0.15, 0.2) is 67.4 Å². The largest absolute Gasteiger partial charge is 0.394 e. The highest BCUT2D eigenvalue weighted by atomic mass is 16.3. The summed E-state index contributed by atoms with van der Waals surface area (Å²) in [5.74, 6) is 0. The van der Waals surface area contributed by atoms with E-state index in [1.165, 1.54) is 10.9 Å². The molecule has 3 N–H and O–H groups in total. The van der Waals surface area contributed by atoms with Crippen molar-refractivity contribution in [1.29, 1.82) is 0 Å². The van der Waals surface area contributed by atoms with Crippen molar-refractivity contribution in [2.24, 2.45) is 0 Å². The van der Waals surface area contributed by atoms with E-state index in [1.807, 2.05) is 41.9 Å². The second kappa shape index (κ2) is 10.9. The SMILES string of the molecule is CN(CC1(O)CCN(CCCc2c[nH]c3ccc(-n4cnnc4)cc23)CC1)C(CO)c1ccccc1. The molecule has 5 rings (SSSR count). The van der Waals surface area contributed by atoms with Crippen LogP contribution in [0.1, 0.15) is 36.4 Å². The average molecular weight is 489 g/mol. The number of aliphatic hydroxyl groups excluding tert-OH is 1. The molecule has 3 heterocycles. The number of hydrogen-bond acceptors (Lipinski definition) is 6. The zero-order valence-corrected chi connectivity index (χ0v) is 20.9. The van der Waals surface area contributed by atoms with Crippen LogP contribution in [0.3, 0.4) is 0 Å². The lowest BCUT2D eigenvalue weighted by Gasteiger charge is -2.41. The summed E-state index contributed by atoms with van der Waals surface area (Å²) in [5, 5.41) is 30.3. The van der Waals surface area contributed by atoms with E-state index < -0.39 is 5.60 Å². The van der Waals surface area contributed by atoms with Crippen molar-refractivity contribution in [3.63, 3.8) is 0 Å². The summed E-state index contributed by atoms with van der Waals surface area (Å²) in [5.41, 5.74) is 3.89. The molecule has 190 valence electrons. The third-order valence-electron chi connectivity index (χ3n) is 7.61. The highest BCUT2D eigenvalue weighted by molar-refractivity contribution is 5.85. The monoisotopic (exact) mass is 488 g/mol. The van der Waals surface area contributed by atoms with Crippen molar-refractivity contribution in [3.8, 4) is 5.69 Å². The Morgan fingerprint density at radius 3 is 2.56 bits per heavy atom. The molecule has 0 aliphatic carbocycles. The minimum atomic E-state index is -0.719. The standard InChI is InChI=1S/C28H36N6O2/c1-32(27(18-35)22-6-3-2-4-7-22)19-28(36)11-14-33(15-12-28)13-5-8-23-17-29-26-10-9-24(16-25(23)26)34-20-30-31-21-34/h2-4,6-7,9-10,16-17,20-21,27,29,35-36H,5,8,11-15,18-19H2,1H3. The second-order valence-electron chi connectivity index (χ2n) is 10.1. The number of nitrogens with zero attached hydrogens (tertiary/aromatic N) is 5. The number of rotatable bonds is 10. The molecule has 1 aliphatic rings. The molecule has 1 atom stereocenters. The number of aliphatic hydroxyl groups is 2. The van der Waals surface area contributed by atoms with E-state index in [0.717, 1.165) is 62.1 Å². The molecule has 8 heteroatoms. The highest BCUT2D eigenvalue weighted by Crippen LogP contribution is 2.28. The maximum Gasteiger partial charge on any atom is 0.123 e. The molecule has 2 aromatic heterocycles. The normalized spacial score (nSPS) is 17.1. The van der Waals surface area contributed by atoms with Gasteiger partial charge < -0.3 is 20.1 Å². The van der Waals surface area contributed by atoms with Crippen molar-refractivity contribution in [2.75, 3.05) is 39.8 Å². The van der Waals surface area contributed by atoms with Crippen LogP contribution in [0, 0.1) is 0 Å². The van der Waals surface area contributed by atoms with Gasteiger partial charge >= 0.3 is 0 Å². The van der Waals surface area contributed by atoms with E-state index >= 15 is 0 Å². The maximum atomic E-state index is 11.3. The molecule has 1 unspecified atom stereocenters. The summed E-state index contributed by atoms with van der Waals surface area (Å²) in [6, 6.07) is 16.3. The Bertz CT molecular complexity index is 1230. The smallest absolute Gasteiger partial charge is 0.123 e. The molecule has 0 bridgehead atoms. The van der Waals surface area contributed by atoms with E-state index in [0.29, 0.717) is 6.54 Å². The Hall–Kier alpha value is -3.04. The van der Waals surface area contributed by atoms with E-state index in [4.69, 9.17) is 0 Å². The summed E-state index contributed by atoms with van der Waals surface area (Å²) >= 11 is 0. The molecular formula is C28H36N6O2. The quantitative estimate of drug-likeness (QED) is 0.318. The molecule has 1 saturated heterocycles. The number of aryl methyl sites for hydroxylation is 1. The van der Waals surface area contributed by atoms with Gasteiger partial charge in [-0.1, -0.05) is 30.3 Å². The first-order valence-corrected chi connectivity index (χ1v) is 12.8. The Labute approximate surface area is 212 Å². The first-order valence-electron chi connectivity index (χ1n) is 12.8. The van der Waals surface area contributed by atoms with Crippen LogP contribution in [0.5, 0.6) is 0 Å². The molecule has 8 nitrogen and oxygen atoms in total. The van der Waals surface area contributed by atoms with Crippen molar-refractivity contribution < 1.29 is 10.2 Å². The van der Waals surface area contributed by atoms with Crippen LogP contribution < -0.4 is 0 Å². The van der Waals surface area contributed by atoms with Gasteiger partial charge in [0.2, 0.25) is 0 Å². The number of hydrogen-bond donors (Lipinski definition) is 3. The van der Waals surface area contributed by atoms with Gasteiger partial charge in [-0.05, 0) is 68.6 Å². The lowest BCUT2D eigenvalue weighted by Crippen LogP contribution is -2.51. The van der Waals surface area contributed by atoms with Gasteiger partial charge in [-0.15, -0.1) is 10.2 Å². The van der Waals surface area contributed by atoms with Gasteiger partial charge in [0.15, 0.2) is 0 Å². The topological polar surface area (TPSA) is 93.4 Å². The summed E-state index contributed by atoms with van der Waals surface area (Å²) < 4.78 is 1.92. The van der Waals surface area contributed by atoms with Gasteiger partial charge in [-0.3, -0.25) is 9.47 Å². The molecule has 36 heavy (non-hydrogen) atoms. The molecule has 2 aromatic carbocycles. The van der Waals surface area contributed by atoms with Crippen molar-refractivity contribution >= 4 is 10.9 Å². The number of likely N-dealkylation sites (N-methyl/N-ethyl adjacent to an activating group) is 1. The Morgan fingerprint density at radius 1 is 1.08 bits per heavy atom. The van der Waals surface area contributed by atoms with Gasteiger partial charge in [0, 0.05) is 42.4 Å². The maximum absolute atomic E-state index is 11.3. The molecule has 1 fully saturated rings. The number of nitrogens with one attached hydrogen (secondary N) is 1. The zero-order valence-electron chi connectivity index (χ0n) is 20.9. The number of piperidine rings is 1. The number of fused-ring (bicyclic) bond motifs is 1. The molecular weight excluding hydrogens is 452 g/mol. The number of H-pyrrole nitrogens is 1. The zero-order chi connectivity index (χ0) is 25.0. The number of aromatic nitrogens is 4. The lowest BCUT2D eigenvalue weighted by molar-refractivity contribution is -0.0517. The van der Waals surface area contributed by atoms with Crippen LogP contribution in [0.4, 0.5) is 0 Å². The Kier molecular flexibility index (Phi) is 7.48. The molecule has 0 spiro atoms. The molecule has 0 amide bonds. The number of benzene rings is 2. The van der Waals surface area contributed by atoms with Gasteiger partial charge in [0.05, 0.1) is 18.2 Å². The Balaban J connectivity index is 1.12. The van der Waals surface area contributed by atoms with E-state index in [9.17, 15) is 10.2 Å². The molecule has 4 aromatic rings. The third kappa shape index (κ3) is 5.52. The number of likely N-dealkylation sites (tertiary alicyclic amines) is 1. The Morgan fingerprint density at radius 2 is 1.83 bits per heavy atom. The molecule has 1 aliphatic heterocycles. The summed E-state index contributed by atoms with van der Waals surface area (Å²) in [6.07, 6.45) is 9.13.